The molecule has 25 heavy (non-hydrogen) atoms. The van der Waals surface area contributed by atoms with Crippen molar-refractivity contribution >= 4 is 17.5 Å². The molecule has 0 unspecified atom stereocenters. The standard InChI is InChI=1S/C20H25ClN2O2/c1-22(2)12-13-23(15-16-8-10-18(21)11-9-16)20(24)14-17-6-4-5-7-19(17)25-3/h4-11H,12-15H2,1-3H3. The van der Waals surface area contributed by atoms with Crippen LogP contribution in [0.4, 0.5) is 0 Å². The Morgan fingerprint density at radius 3 is 2.36 bits per heavy atom. The van der Waals surface area contributed by atoms with Crippen molar-refractivity contribution in [2.75, 3.05) is 34.3 Å². The number of amides is 1. The first kappa shape index (κ1) is 19.3. The molecule has 1 amide bonds. The number of likely N-dealkylation sites (N-methyl/N-ethyl adjacent to an activating group) is 1. The van der Waals surface area contributed by atoms with Gasteiger partial charge in [-0.1, -0.05) is 41.9 Å². The summed E-state index contributed by atoms with van der Waals surface area (Å²) in [6.07, 6.45) is 0.324. The predicted octanol–water partition coefficient (Wildman–Crippen LogP) is 3.48. The number of para-hydroxylation sites is 1. The maximum Gasteiger partial charge on any atom is 0.227 e. The molecule has 4 nitrogen and oxygen atoms in total. The van der Waals surface area contributed by atoms with Crippen LogP contribution in [0.3, 0.4) is 0 Å². The van der Waals surface area contributed by atoms with E-state index in [0.29, 0.717) is 24.5 Å². The monoisotopic (exact) mass is 360 g/mol. The lowest BCUT2D eigenvalue weighted by Crippen LogP contribution is -2.37. The Morgan fingerprint density at radius 1 is 1.04 bits per heavy atom. The molecule has 2 aromatic rings. The van der Waals surface area contributed by atoms with E-state index < -0.39 is 0 Å². The third-order valence-corrected chi connectivity index (χ3v) is 4.24. The van der Waals surface area contributed by atoms with Crippen molar-refractivity contribution in [1.29, 1.82) is 0 Å². The largest absolute Gasteiger partial charge is 0.496 e. The number of methoxy groups -OCH3 is 1. The number of ether oxygens (including phenoxy) is 1. The predicted molar refractivity (Wildman–Crippen MR) is 102 cm³/mol. The maximum atomic E-state index is 12.9. The molecule has 134 valence electrons. The van der Waals surface area contributed by atoms with Gasteiger partial charge in [0.05, 0.1) is 13.5 Å². The van der Waals surface area contributed by atoms with Crippen molar-refractivity contribution in [3.8, 4) is 5.75 Å². The van der Waals surface area contributed by atoms with Crippen LogP contribution >= 0.6 is 11.6 Å². The minimum atomic E-state index is 0.0845. The topological polar surface area (TPSA) is 32.8 Å². The molecule has 0 saturated heterocycles. The lowest BCUT2D eigenvalue weighted by Gasteiger charge is -2.25. The van der Waals surface area contributed by atoms with Gasteiger partial charge in [-0.25, -0.2) is 0 Å². The van der Waals surface area contributed by atoms with E-state index >= 15 is 0 Å². The molecule has 0 aromatic heterocycles. The van der Waals surface area contributed by atoms with Gasteiger partial charge in [0.1, 0.15) is 5.75 Å². The number of carbonyl (C=O) groups is 1. The molecule has 2 rings (SSSR count). The van der Waals surface area contributed by atoms with Gasteiger partial charge in [-0.2, -0.15) is 0 Å². The Hall–Kier alpha value is -2.04. The van der Waals surface area contributed by atoms with Crippen molar-refractivity contribution in [3.05, 3.63) is 64.7 Å². The van der Waals surface area contributed by atoms with E-state index in [0.717, 1.165) is 23.4 Å². The van der Waals surface area contributed by atoms with Crippen molar-refractivity contribution in [2.24, 2.45) is 0 Å². The van der Waals surface area contributed by atoms with Crippen molar-refractivity contribution in [2.45, 2.75) is 13.0 Å². The number of hydrogen-bond acceptors (Lipinski definition) is 3. The van der Waals surface area contributed by atoms with Crippen LogP contribution in [0.15, 0.2) is 48.5 Å². The normalized spacial score (nSPS) is 10.8. The highest BCUT2D eigenvalue weighted by molar-refractivity contribution is 6.30. The summed E-state index contributed by atoms with van der Waals surface area (Å²) in [6.45, 7) is 2.05. The zero-order valence-electron chi connectivity index (χ0n) is 15.0. The maximum absolute atomic E-state index is 12.9. The molecular weight excluding hydrogens is 336 g/mol. The van der Waals surface area contributed by atoms with Gasteiger partial charge in [0, 0.05) is 30.2 Å². The summed E-state index contributed by atoms with van der Waals surface area (Å²) in [5.74, 6) is 0.830. The second-order valence-electron chi connectivity index (χ2n) is 6.23. The molecule has 0 atom stereocenters. The average molecular weight is 361 g/mol. The quantitative estimate of drug-likeness (QED) is 0.722. The highest BCUT2D eigenvalue weighted by Crippen LogP contribution is 2.19. The van der Waals surface area contributed by atoms with Gasteiger partial charge in [0.2, 0.25) is 5.91 Å². The van der Waals surface area contributed by atoms with E-state index in [4.69, 9.17) is 16.3 Å². The number of benzene rings is 2. The molecule has 0 bridgehead atoms. The fourth-order valence-electron chi connectivity index (χ4n) is 2.55. The third-order valence-electron chi connectivity index (χ3n) is 3.99. The molecule has 2 aromatic carbocycles. The average Bonchev–Trinajstić information content (AvgIpc) is 2.60. The lowest BCUT2D eigenvalue weighted by atomic mass is 10.1. The van der Waals surface area contributed by atoms with Crippen LogP contribution in [0, 0.1) is 0 Å². The number of carbonyl (C=O) groups excluding carboxylic acids is 1. The van der Waals surface area contributed by atoms with Gasteiger partial charge in [0.15, 0.2) is 0 Å². The van der Waals surface area contributed by atoms with Crippen LogP contribution in [0.25, 0.3) is 0 Å². The van der Waals surface area contributed by atoms with E-state index in [1.165, 1.54) is 0 Å². The summed E-state index contributed by atoms with van der Waals surface area (Å²) >= 11 is 5.95. The summed E-state index contributed by atoms with van der Waals surface area (Å²) in [4.78, 5) is 16.8. The number of halogens is 1. The molecule has 0 heterocycles. The van der Waals surface area contributed by atoms with Crippen LogP contribution in [0.2, 0.25) is 5.02 Å². The van der Waals surface area contributed by atoms with Gasteiger partial charge in [0.25, 0.3) is 0 Å². The van der Waals surface area contributed by atoms with E-state index in [9.17, 15) is 4.79 Å². The Kier molecular flexibility index (Phi) is 7.29. The van der Waals surface area contributed by atoms with Crippen molar-refractivity contribution in [1.82, 2.24) is 9.80 Å². The Morgan fingerprint density at radius 2 is 1.72 bits per heavy atom. The van der Waals surface area contributed by atoms with Gasteiger partial charge < -0.3 is 14.5 Å². The number of hydrogen-bond donors (Lipinski definition) is 0. The smallest absolute Gasteiger partial charge is 0.227 e. The van der Waals surface area contributed by atoms with E-state index in [1.54, 1.807) is 7.11 Å². The van der Waals surface area contributed by atoms with Crippen molar-refractivity contribution < 1.29 is 9.53 Å². The summed E-state index contributed by atoms with van der Waals surface area (Å²) in [5, 5.41) is 0.698. The zero-order valence-corrected chi connectivity index (χ0v) is 15.8. The Labute approximate surface area is 155 Å². The molecule has 0 aliphatic rings. The highest BCUT2D eigenvalue weighted by Gasteiger charge is 2.16. The molecule has 0 N–H and O–H groups in total. The van der Waals surface area contributed by atoms with Crippen LogP contribution < -0.4 is 4.74 Å². The van der Waals surface area contributed by atoms with Crippen LogP contribution in [-0.4, -0.2) is 50.0 Å². The second kappa shape index (κ2) is 9.44. The summed E-state index contributed by atoms with van der Waals surface area (Å²) in [5.41, 5.74) is 1.97. The van der Waals surface area contributed by atoms with Crippen LogP contribution in [-0.2, 0) is 17.8 Å². The fraction of sp³-hybridized carbons (Fsp3) is 0.350. The van der Waals surface area contributed by atoms with E-state index in [-0.39, 0.29) is 5.91 Å². The summed E-state index contributed by atoms with van der Waals surface area (Å²) in [7, 11) is 5.64. The minimum Gasteiger partial charge on any atom is -0.496 e. The van der Waals surface area contributed by atoms with Gasteiger partial charge in [-0.05, 0) is 37.9 Å². The first-order valence-electron chi connectivity index (χ1n) is 8.28. The number of rotatable bonds is 8. The van der Waals surface area contributed by atoms with Gasteiger partial charge in [-0.15, -0.1) is 0 Å². The van der Waals surface area contributed by atoms with Crippen LogP contribution in [0.5, 0.6) is 5.75 Å². The van der Waals surface area contributed by atoms with E-state index in [2.05, 4.69) is 4.90 Å². The highest BCUT2D eigenvalue weighted by atomic mass is 35.5. The SMILES string of the molecule is COc1ccccc1CC(=O)N(CCN(C)C)Cc1ccc(Cl)cc1. The second-order valence-corrected chi connectivity index (χ2v) is 6.67. The fourth-order valence-corrected chi connectivity index (χ4v) is 2.67. The molecule has 0 aliphatic heterocycles. The third kappa shape index (κ3) is 6.07. The molecule has 5 heteroatoms. The van der Waals surface area contributed by atoms with E-state index in [1.807, 2.05) is 67.5 Å². The first-order chi connectivity index (χ1) is 12.0. The summed E-state index contributed by atoms with van der Waals surface area (Å²) in [6, 6.07) is 15.3. The van der Waals surface area contributed by atoms with Crippen LogP contribution in [0.1, 0.15) is 11.1 Å². The minimum absolute atomic E-state index is 0.0845. The van der Waals surface area contributed by atoms with Gasteiger partial charge >= 0.3 is 0 Å². The molecule has 0 radical (unpaired) electrons. The lowest BCUT2D eigenvalue weighted by molar-refractivity contribution is -0.131. The Bertz CT molecular complexity index is 686. The molecule has 0 spiro atoms. The van der Waals surface area contributed by atoms with Gasteiger partial charge in [-0.3, -0.25) is 4.79 Å². The molecule has 0 fully saturated rings. The summed E-state index contributed by atoms with van der Waals surface area (Å²) < 4.78 is 5.36. The molecular formula is C20H25ClN2O2. The zero-order chi connectivity index (χ0) is 18.2. The van der Waals surface area contributed by atoms with Crippen molar-refractivity contribution in [3.63, 3.8) is 0 Å². The first-order valence-corrected chi connectivity index (χ1v) is 8.66. The molecule has 0 saturated carbocycles. The Balaban J connectivity index is 2.12. The molecule has 0 aliphatic carbocycles. The number of nitrogens with zero attached hydrogens (tertiary/aromatic N) is 2.